The Kier molecular flexibility index (Phi) is 4.92. The molecule has 112 valence electrons. The molecule has 0 unspecified atom stereocenters. The Bertz CT molecular complexity index is 526. The first-order valence-electron chi connectivity index (χ1n) is 6.93. The molecule has 0 aliphatic heterocycles. The Morgan fingerprint density at radius 2 is 1.81 bits per heavy atom. The first-order valence-corrected chi connectivity index (χ1v) is 6.93. The van der Waals surface area contributed by atoms with Gasteiger partial charge in [0.05, 0.1) is 5.92 Å². The molecule has 1 aromatic carbocycles. The molecular weight excluding hydrogens is 272 g/mol. The zero-order valence-corrected chi connectivity index (χ0v) is 11.8. The molecule has 1 fully saturated rings. The third-order valence-corrected chi connectivity index (χ3v) is 3.44. The molecule has 1 aliphatic carbocycles. The van der Waals surface area contributed by atoms with E-state index in [0.717, 1.165) is 19.3 Å². The van der Waals surface area contributed by atoms with E-state index in [2.05, 4.69) is 10.9 Å². The zero-order chi connectivity index (χ0) is 15.2. The molecule has 1 aromatic rings. The lowest BCUT2D eigenvalue weighted by Gasteiger charge is -2.24. The van der Waals surface area contributed by atoms with Crippen LogP contribution < -0.4 is 10.9 Å². The van der Waals surface area contributed by atoms with E-state index in [-0.39, 0.29) is 11.9 Å². The second-order valence-electron chi connectivity index (χ2n) is 5.02. The van der Waals surface area contributed by atoms with Gasteiger partial charge in [-0.15, -0.1) is 0 Å². The molecule has 2 amide bonds. The van der Waals surface area contributed by atoms with Gasteiger partial charge in [-0.25, -0.2) is 0 Å². The molecule has 0 heterocycles. The zero-order valence-electron chi connectivity index (χ0n) is 11.8. The maximum atomic E-state index is 11.7. The number of hydrazine groups is 1. The molecule has 2 N–H and O–H groups in total. The van der Waals surface area contributed by atoms with Gasteiger partial charge in [0.25, 0.3) is 11.8 Å². The SMILES string of the molecule is C[C@@H](OC(=O)C1CCC1)C(=O)NNC(=O)c1ccccc1. The summed E-state index contributed by atoms with van der Waals surface area (Å²) in [4.78, 5) is 35.1. The highest BCUT2D eigenvalue weighted by Crippen LogP contribution is 2.27. The van der Waals surface area contributed by atoms with Crippen LogP contribution in [0.1, 0.15) is 36.5 Å². The van der Waals surface area contributed by atoms with Crippen molar-refractivity contribution in [2.45, 2.75) is 32.3 Å². The van der Waals surface area contributed by atoms with Gasteiger partial charge in [-0.3, -0.25) is 25.2 Å². The van der Waals surface area contributed by atoms with E-state index in [4.69, 9.17) is 4.74 Å². The molecular formula is C15H18N2O4. The lowest BCUT2D eigenvalue weighted by atomic mass is 9.86. The van der Waals surface area contributed by atoms with Crippen LogP contribution in [0.25, 0.3) is 0 Å². The average molecular weight is 290 g/mol. The van der Waals surface area contributed by atoms with Crippen molar-refractivity contribution < 1.29 is 19.1 Å². The summed E-state index contributed by atoms with van der Waals surface area (Å²) in [6, 6.07) is 8.49. The quantitative estimate of drug-likeness (QED) is 0.644. The van der Waals surface area contributed by atoms with Gasteiger partial charge in [0.2, 0.25) is 0 Å². The van der Waals surface area contributed by atoms with Gasteiger partial charge in [-0.2, -0.15) is 0 Å². The van der Waals surface area contributed by atoms with E-state index in [1.165, 1.54) is 6.92 Å². The monoisotopic (exact) mass is 290 g/mol. The minimum Gasteiger partial charge on any atom is -0.452 e. The second-order valence-corrected chi connectivity index (χ2v) is 5.02. The minimum atomic E-state index is -0.936. The lowest BCUT2D eigenvalue weighted by Crippen LogP contribution is -2.47. The fourth-order valence-corrected chi connectivity index (χ4v) is 1.85. The second kappa shape index (κ2) is 6.88. The molecule has 0 bridgehead atoms. The number of hydrogen-bond donors (Lipinski definition) is 2. The van der Waals surface area contributed by atoms with Gasteiger partial charge in [0.1, 0.15) is 0 Å². The summed E-state index contributed by atoms with van der Waals surface area (Å²) >= 11 is 0. The molecule has 0 spiro atoms. The van der Waals surface area contributed by atoms with Gasteiger partial charge < -0.3 is 4.74 Å². The van der Waals surface area contributed by atoms with Crippen molar-refractivity contribution in [1.29, 1.82) is 0 Å². The van der Waals surface area contributed by atoms with Crippen LogP contribution in [0.4, 0.5) is 0 Å². The van der Waals surface area contributed by atoms with Crippen molar-refractivity contribution >= 4 is 17.8 Å². The van der Waals surface area contributed by atoms with Crippen molar-refractivity contribution in [2.75, 3.05) is 0 Å². The van der Waals surface area contributed by atoms with Gasteiger partial charge in [0, 0.05) is 5.56 Å². The number of benzene rings is 1. The molecule has 1 saturated carbocycles. The Morgan fingerprint density at radius 1 is 1.14 bits per heavy atom. The van der Waals surface area contributed by atoms with E-state index < -0.39 is 17.9 Å². The Morgan fingerprint density at radius 3 is 2.38 bits per heavy atom. The van der Waals surface area contributed by atoms with Crippen LogP contribution in [0.3, 0.4) is 0 Å². The van der Waals surface area contributed by atoms with Crippen molar-refractivity contribution in [3.63, 3.8) is 0 Å². The van der Waals surface area contributed by atoms with E-state index in [1.807, 2.05) is 0 Å². The molecule has 0 radical (unpaired) electrons. The van der Waals surface area contributed by atoms with Gasteiger partial charge >= 0.3 is 5.97 Å². The number of nitrogens with one attached hydrogen (secondary N) is 2. The highest BCUT2D eigenvalue weighted by atomic mass is 16.5. The fraction of sp³-hybridized carbons (Fsp3) is 0.400. The van der Waals surface area contributed by atoms with Crippen molar-refractivity contribution in [1.82, 2.24) is 10.9 Å². The third kappa shape index (κ3) is 4.05. The summed E-state index contributed by atoms with van der Waals surface area (Å²) in [5.41, 5.74) is 4.95. The molecule has 21 heavy (non-hydrogen) atoms. The summed E-state index contributed by atoms with van der Waals surface area (Å²) in [5, 5.41) is 0. The number of carbonyl (C=O) groups is 3. The summed E-state index contributed by atoms with van der Waals surface area (Å²) in [5.74, 6) is -1.43. The topological polar surface area (TPSA) is 84.5 Å². The maximum Gasteiger partial charge on any atom is 0.309 e. The van der Waals surface area contributed by atoms with Crippen LogP contribution >= 0.6 is 0 Å². The summed E-state index contributed by atoms with van der Waals surface area (Å²) in [6.07, 6.45) is 1.72. The van der Waals surface area contributed by atoms with Crippen LogP contribution in [0, 0.1) is 5.92 Å². The summed E-state index contributed by atoms with van der Waals surface area (Å²) in [7, 11) is 0. The largest absolute Gasteiger partial charge is 0.452 e. The van der Waals surface area contributed by atoms with Crippen molar-refractivity contribution in [3.05, 3.63) is 35.9 Å². The van der Waals surface area contributed by atoms with Crippen LogP contribution in [0.2, 0.25) is 0 Å². The van der Waals surface area contributed by atoms with Crippen LogP contribution in [0.15, 0.2) is 30.3 Å². The average Bonchev–Trinajstić information content (AvgIpc) is 2.43. The maximum absolute atomic E-state index is 11.7. The van der Waals surface area contributed by atoms with Gasteiger partial charge in [-0.05, 0) is 31.9 Å². The van der Waals surface area contributed by atoms with E-state index in [9.17, 15) is 14.4 Å². The number of hydrogen-bond acceptors (Lipinski definition) is 4. The molecule has 2 rings (SSSR count). The Hall–Kier alpha value is -2.37. The third-order valence-electron chi connectivity index (χ3n) is 3.44. The highest BCUT2D eigenvalue weighted by Gasteiger charge is 2.29. The molecule has 6 nitrogen and oxygen atoms in total. The summed E-state index contributed by atoms with van der Waals surface area (Å²) < 4.78 is 5.05. The first-order chi connectivity index (χ1) is 10.1. The standard InChI is InChI=1S/C15H18N2O4/c1-10(21-15(20)12-8-5-9-12)13(18)16-17-14(19)11-6-3-2-4-7-11/h2-4,6-7,10,12H,5,8-9H2,1H3,(H,16,18)(H,17,19)/t10-/m1/s1. The number of ether oxygens (including phenoxy) is 1. The number of rotatable bonds is 4. The van der Waals surface area contributed by atoms with Crippen molar-refractivity contribution in [3.8, 4) is 0 Å². The Labute approximate surface area is 122 Å². The van der Waals surface area contributed by atoms with Gasteiger partial charge in [-0.1, -0.05) is 24.6 Å². The Balaban J connectivity index is 1.75. The minimum absolute atomic E-state index is 0.0841. The van der Waals surface area contributed by atoms with E-state index >= 15 is 0 Å². The van der Waals surface area contributed by atoms with Crippen molar-refractivity contribution in [2.24, 2.45) is 5.92 Å². The number of carbonyl (C=O) groups excluding carboxylic acids is 3. The predicted octanol–water partition coefficient (Wildman–Crippen LogP) is 1.18. The first kappa shape index (κ1) is 15.0. The molecule has 1 atom stereocenters. The van der Waals surface area contributed by atoms with Crippen LogP contribution in [-0.2, 0) is 14.3 Å². The van der Waals surface area contributed by atoms with E-state index in [1.54, 1.807) is 30.3 Å². The molecule has 0 saturated heterocycles. The van der Waals surface area contributed by atoms with Crippen LogP contribution in [-0.4, -0.2) is 23.9 Å². The number of amides is 2. The molecule has 1 aliphatic rings. The number of esters is 1. The lowest BCUT2D eigenvalue weighted by molar-refractivity contribution is -0.161. The van der Waals surface area contributed by atoms with Gasteiger partial charge in [0.15, 0.2) is 6.10 Å². The fourth-order valence-electron chi connectivity index (χ4n) is 1.85. The van der Waals surface area contributed by atoms with Crippen LogP contribution in [0.5, 0.6) is 0 Å². The van der Waals surface area contributed by atoms with E-state index in [0.29, 0.717) is 5.56 Å². The predicted molar refractivity (Wildman–Crippen MR) is 74.9 cm³/mol. The summed E-state index contributed by atoms with van der Waals surface area (Å²) in [6.45, 7) is 1.47. The molecule has 0 aromatic heterocycles. The normalized spacial score (nSPS) is 15.5. The molecule has 6 heteroatoms. The smallest absolute Gasteiger partial charge is 0.309 e. The highest BCUT2D eigenvalue weighted by molar-refractivity contribution is 5.95.